The van der Waals surface area contributed by atoms with Crippen LogP contribution in [0.15, 0.2) is 41.6 Å². The molecule has 0 fully saturated rings. The molecule has 168 valence electrons. The average molecular weight is 439 g/mol. The standard InChI is InChI=1S/C23H25N3O6/c1-5-31-21(28)18-16(25-23(30)26-20(18)15-9-7-6-8-10-15)11-32-22(29)19-12(2)17(14(4)27)13(3)24-19/h6-10,20,24H,5,11H2,1-4H3,(H2,25,26,30)/t20-/m0/s1. The molecule has 0 unspecified atom stereocenters. The van der Waals surface area contributed by atoms with Crippen LogP contribution in [-0.2, 0) is 14.3 Å². The second-order valence-electron chi connectivity index (χ2n) is 7.31. The van der Waals surface area contributed by atoms with Gasteiger partial charge in [-0.3, -0.25) is 4.79 Å². The van der Waals surface area contributed by atoms with E-state index in [2.05, 4.69) is 15.6 Å². The minimum Gasteiger partial charge on any atom is -0.463 e. The highest BCUT2D eigenvalue weighted by molar-refractivity contribution is 6.01. The van der Waals surface area contributed by atoms with Crippen molar-refractivity contribution in [1.29, 1.82) is 0 Å². The summed E-state index contributed by atoms with van der Waals surface area (Å²) in [5.41, 5.74) is 2.57. The zero-order chi connectivity index (χ0) is 23.4. The lowest BCUT2D eigenvalue weighted by Crippen LogP contribution is -2.47. The number of carbonyl (C=O) groups excluding carboxylic acids is 4. The molecule has 3 N–H and O–H groups in total. The van der Waals surface area contributed by atoms with Crippen LogP contribution in [0.25, 0.3) is 0 Å². The number of carbonyl (C=O) groups is 4. The fourth-order valence-corrected chi connectivity index (χ4v) is 3.77. The van der Waals surface area contributed by atoms with Gasteiger partial charge in [-0.1, -0.05) is 30.3 Å². The van der Waals surface area contributed by atoms with Crippen molar-refractivity contribution in [2.75, 3.05) is 13.2 Å². The van der Waals surface area contributed by atoms with Crippen LogP contribution < -0.4 is 10.6 Å². The van der Waals surface area contributed by atoms with Crippen LogP contribution in [0.2, 0.25) is 0 Å². The summed E-state index contributed by atoms with van der Waals surface area (Å²) < 4.78 is 10.6. The van der Waals surface area contributed by atoms with Gasteiger partial charge in [0.05, 0.1) is 23.9 Å². The second-order valence-corrected chi connectivity index (χ2v) is 7.31. The maximum Gasteiger partial charge on any atom is 0.355 e. The maximum atomic E-state index is 12.7. The smallest absolute Gasteiger partial charge is 0.355 e. The van der Waals surface area contributed by atoms with Gasteiger partial charge in [0, 0.05) is 11.3 Å². The molecule has 1 aliphatic rings. The molecule has 0 radical (unpaired) electrons. The zero-order valence-corrected chi connectivity index (χ0v) is 18.3. The molecule has 0 saturated heterocycles. The van der Waals surface area contributed by atoms with Crippen LogP contribution in [0, 0.1) is 13.8 Å². The number of aromatic amines is 1. The fourth-order valence-electron chi connectivity index (χ4n) is 3.77. The quantitative estimate of drug-likeness (QED) is 0.450. The summed E-state index contributed by atoms with van der Waals surface area (Å²) in [6.07, 6.45) is 0. The van der Waals surface area contributed by atoms with Crippen LogP contribution in [0.3, 0.4) is 0 Å². The van der Waals surface area contributed by atoms with E-state index in [9.17, 15) is 19.2 Å². The summed E-state index contributed by atoms with van der Waals surface area (Å²) in [5, 5.41) is 5.26. The summed E-state index contributed by atoms with van der Waals surface area (Å²) in [4.78, 5) is 52.4. The number of H-pyrrole nitrogens is 1. The van der Waals surface area contributed by atoms with Gasteiger partial charge in [-0.05, 0) is 38.8 Å². The average Bonchev–Trinajstić information content (AvgIpc) is 3.06. The van der Waals surface area contributed by atoms with Crippen LogP contribution >= 0.6 is 0 Å². The number of benzene rings is 1. The SMILES string of the molecule is CCOC(=O)C1=C(COC(=O)c2[nH]c(C)c(C(C)=O)c2C)NC(=O)N[C@H]1c1ccccc1. The lowest BCUT2D eigenvalue weighted by atomic mass is 9.95. The van der Waals surface area contributed by atoms with Crippen LogP contribution in [-0.4, -0.2) is 42.0 Å². The molecule has 1 aromatic heterocycles. The third-order valence-corrected chi connectivity index (χ3v) is 5.12. The molecule has 0 aliphatic carbocycles. The highest BCUT2D eigenvalue weighted by atomic mass is 16.5. The lowest BCUT2D eigenvalue weighted by Gasteiger charge is -2.29. The molecule has 2 aromatic rings. The van der Waals surface area contributed by atoms with Gasteiger partial charge in [-0.2, -0.15) is 0 Å². The molecule has 9 nitrogen and oxygen atoms in total. The molecule has 3 rings (SSSR count). The van der Waals surface area contributed by atoms with Crippen molar-refractivity contribution in [2.45, 2.75) is 33.7 Å². The van der Waals surface area contributed by atoms with Crippen molar-refractivity contribution in [2.24, 2.45) is 0 Å². The molecule has 0 spiro atoms. The number of hydrogen-bond donors (Lipinski definition) is 3. The van der Waals surface area contributed by atoms with Gasteiger partial charge in [0.25, 0.3) is 0 Å². The van der Waals surface area contributed by atoms with Gasteiger partial charge in [-0.15, -0.1) is 0 Å². The number of rotatable bonds is 7. The van der Waals surface area contributed by atoms with E-state index in [1.54, 1.807) is 45.0 Å². The Morgan fingerprint density at radius 2 is 1.72 bits per heavy atom. The number of amides is 2. The molecule has 9 heteroatoms. The molecule has 1 aliphatic heterocycles. The molecule has 1 atom stereocenters. The second kappa shape index (κ2) is 9.51. The normalized spacial score (nSPS) is 15.6. The van der Waals surface area contributed by atoms with Crippen LogP contribution in [0.1, 0.15) is 57.6 Å². The third kappa shape index (κ3) is 4.56. The third-order valence-electron chi connectivity index (χ3n) is 5.12. The number of Topliss-reactive ketones (excluding diaryl/α,β-unsaturated/α-hetero) is 1. The van der Waals surface area contributed by atoms with E-state index < -0.39 is 24.0 Å². The molecule has 0 bridgehead atoms. The van der Waals surface area contributed by atoms with Gasteiger partial charge in [-0.25, -0.2) is 14.4 Å². The first-order valence-corrected chi connectivity index (χ1v) is 10.1. The van der Waals surface area contributed by atoms with E-state index in [1.807, 2.05) is 6.07 Å². The zero-order valence-electron chi connectivity index (χ0n) is 18.3. The van der Waals surface area contributed by atoms with Gasteiger partial charge >= 0.3 is 18.0 Å². The summed E-state index contributed by atoms with van der Waals surface area (Å²) in [5.74, 6) is -1.51. The van der Waals surface area contributed by atoms with Crippen molar-refractivity contribution >= 4 is 23.8 Å². The first-order valence-electron chi connectivity index (χ1n) is 10.1. The predicted molar refractivity (Wildman–Crippen MR) is 115 cm³/mol. The number of hydrogen-bond acceptors (Lipinski definition) is 6. The molecule has 2 heterocycles. The highest BCUT2D eigenvalue weighted by Crippen LogP contribution is 2.28. The van der Waals surface area contributed by atoms with E-state index in [4.69, 9.17) is 9.47 Å². The van der Waals surface area contributed by atoms with Crippen molar-refractivity contribution in [3.05, 3.63) is 69.7 Å². The number of ketones is 1. The molecule has 1 aromatic carbocycles. The Morgan fingerprint density at radius 3 is 2.31 bits per heavy atom. The number of ether oxygens (including phenoxy) is 2. The topological polar surface area (TPSA) is 127 Å². The summed E-state index contributed by atoms with van der Waals surface area (Å²) in [7, 11) is 0. The van der Waals surface area contributed by atoms with Crippen molar-refractivity contribution < 1.29 is 28.7 Å². The Balaban J connectivity index is 1.93. The van der Waals surface area contributed by atoms with Gasteiger partial charge in [0.2, 0.25) is 0 Å². The van der Waals surface area contributed by atoms with Crippen molar-refractivity contribution in [1.82, 2.24) is 15.6 Å². The molecular formula is C23H25N3O6. The van der Waals surface area contributed by atoms with Crippen LogP contribution in [0.4, 0.5) is 4.79 Å². The number of aromatic nitrogens is 1. The summed E-state index contributed by atoms with van der Waals surface area (Å²) >= 11 is 0. The van der Waals surface area contributed by atoms with E-state index >= 15 is 0 Å². The Labute approximate surface area is 185 Å². The Bertz CT molecular complexity index is 1100. The Kier molecular flexibility index (Phi) is 6.77. The first-order chi connectivity index (χ1) is 15.2. The van der Waals surface area contributed by atoms with E-state index in [-0.39, 0.29) is 36.0 Å². The Hall–Kier alpha value is -3.88. The largest absolute Gasteiger partial charge is 0.463 e. The molecule has 2 amide bonds. The monoisotopic (exact) mass is 439 g/mol. The summed E-state index contributed by atoms with van der Waals surface area (Å²) in [6.45, 7) is 6.21. The van der Waals surface area contributed by atoms with E-state index in [0.717, 1.165) is 0 Å². The summed E-state index contributed by atoms with van der Waals surface area (Å²) in [6, 6.07) is 7.63. The van der Waals surface area contributed by atoms with Gasteiger partial charge in [0.1, 0.15) is 12.3 Å². The van der Waals surface area contributed by atoms with Crippen molar-refractivity contribution in [3.8, 4) is 0 Å². The fraction of sp³-hybridized carbons (Fsp3) is 0.304. The highest BCUT2D eigenvalue weighted by Gasteiger charge is 2.34. The first kappa shape index (κ1) is 22.8. The molecule has 0 saturated carbocycles. The predicted octanol–water partition coefficient (Wildman–Crippen LogP) is 2.86. The number of nitrogens with one attached hydrogen (secondary N) is 3. The Morgan fingerprint density at radius 1 is 1.03 bits per heavy atom. The minimum absolute atomic E-state index is 0.127. The van der Waals surface area contributed by atoms with Crippen molar-refractivity contribution in [3.63, 3.8) is 0 Å². The number of esters is 2. The van der Waals surface area contributed by atoms with Gasteiger partial charge in [0.15, 0.2) is 5.78 Å². The lowest BCUT2D eigenvalue weighted by molar-refractivity contribution is -0.139. The minimum atomic E-state index is -0.767. The van der Waals surface area contributed by atoms with E-state index in [0.29, 0.717) is 22.4 Å². The van der Waals surface area contributed by atoms with E-state index in [1.165, 1.54) is 6.92 Å². The molecule has 32 heavy (non-hydrogen) atoms. The van der Waals surface area contributed by atoms with Crippen LogP contribution in [0.5, 0.6) is 0 Å². The van der Waals surface area contributed by atoms with Gasteiger partial charge < -0.3 is 25.1 Å². The number of urea groups is 1. The molecular weight excluding hydrogens is 414 g/mol. The maximum absolute atomic E-state index is 12.7. The number of aryl methyl sites for hydroxylation is 1.